The number of rotatable bonds is 5. The van der Waals surface area contributed by atoms with Gasteiger partial charge in [-0.05, 0) is 23.8 Å². The largest absolute Gasteiger partial charge is 0.507 e. The summed E-state index contributed by atoms with van der Waals surface area (Å²) in [5, 5.41) is 19.3. The van der Waals surface area contributed by atoms with Gasteiger partial charge >= 0.3 is 0 Å². The lowest BCUT2D eigenvalue weighted by atomic mass is 10.1. The molecule has 0 unspecified atom stereocenters. The predicted molar refractivity (Wildman–Crippen MR) is 90.1 cm³/mol. The van der Waals surface area contributed by atoms with Crippen molar-refractivity contribution in [3.63, 3.8) is 0 Å². The average molecular weight is 352 g/mol. The van der Waals surface area contributed by atoms with E-state index < -0.39 is 5.91 Å². The van der Waals surface area contributed by atoms with Crippen LogP contribution in [-0.2, 0) is 6.54 Å². The van der Waals surface area contributed by atoms with Crippen LogP contribution in [0.5, 0.6) is 23.0 Å². The third kappa shape index (κ3) is 3.65. The minimum Gasteiger partial charge on any atom is -0.507 e. The fourth-order valence-electron chi connectivity index (χ4n) is 2.25. The van der Waals surface area contributed by atoms with E-state index in [4.69, 9.17) is 21.1 Å². The Labute approximate surface area is 144 Å². The van der Waals surface area contributed by atoms with Crippen LogP contribution in [0.15, 0.2) is 30.3 Å². The summed E-state index contributed by atoms with van der Waals surface area (Å²) in [4.78, 5) is 13.9. The van der Waals surface area contributed by atoms with Crippen molar-refractivity contribution in [1.82, 2.24) is 4.90 Å². The van der Waals surface area contributed by atoms with Crippen LogP contribution in [0, 0.1) is 0 Å². The van der Waals surface area contributed by atoms with Crippen LogP contribution < -0.4 is 9.47 Å². The van der Waals surface area contributed by atoms with Crippen molar-refractivity contribution in [3.05, 3.63) is 46.5 Å². The van der Waals surface area contributed by atoms with Gasteiger partial charge in [0.25, 0.3) is 5.91 Å². The van der Waals surface area contributed by atoms with Crippen LogP contribution in [-0.4, -0.2) is 42.3 Å². The molecule has 0 bridgehead atoms. The molecule has 0 aliphatic carbocycles. The second-order valence-electron chi connectivity index (χ2n) is 5.17. The number of ether oxygens (including phenoxy) is 2. The van der Waals surface area contributed by atoms with Crippen LogP contribution in [0.25, 0.3) is 0 Å². The second-order valence-corrected chi connectivity index (χ2v) is 5.58. The summed E-state index contributed by atoms with van der Waals surface area (Å²) in [6.45, 7) is 0.289. The molecular formula is C17H18ClNO5. The van der Waals surface area contributed by atoms with Gasteiger partial charge in [-0.2, -0.15) is 0 Å². The lowest BCUT2D eigenvalue weighted by molar-refractivity contribution is 0.0782. The van der Waals surface area contributed by atoms with Gasteiger partial charge in [0.15, 0.2) is 11.5 Å². The molecule has 6 nitrogen and oxygen atoms in total. The summed E-state index contributed by atoms with van der Waals surface area (Å²) in [6, 6.07) is 7.61. The molecule has 2 rings (SSSR count). The number of amides is 1. The summed E-state index contributed by atoms with van der Waals surface area (Å²) in [5.41, 5.74) is 0.841. The molecule has 2 aromatic rings. The fraction of sp³-hybridized carbons (Fsp3) is 0.235. The lowest BCUT2D eigenvalue weighted by Crippen LogP contribution is -2.26. The van der Waals surface area contributed by atoms with E-state index >= 15 is 0 Å². The Balaban J connectivity index is 2.22. The lowest BCUT2D eigenvalue weighted by Gasteiger charge is -2.19. The Hall–Kier alpha value is -2.60. The molecule has 128 valence electrons. The van der Waals surface area contributed by atoms with Gasteiger partial charge in [0.1, 0.15) is 11.5 Å². The number of carbonyl (C=O) groups is 1. The number of hydrogen-bond donors (Lipinski definition) is 2. The maximum Gasteiger partial charge on any atom is 0.257 e. The first-order chi connectivity index (χ1) is 11.4. The molecule has 0 spiro atoms. The van der Waals surface area contributed by atoms with Gasteiger partial charge < -0.3 is 24.6 Å². The number of hydrogen-bond acceptors (Lipinski definition) is 5. The third-order valence-corrected chi connectivity index (χ3v) is 3.81. The summed E-state index contributed by atoms with van der Waals surface area (Å²) in [5.74, 6) is 0.114. The predicted octanol–water partition coefficient (Wildman–Crippen LogP) is 3.04. The number of phenols is 2. The standard InChI is InChI=1S/C17H18ClNO5/c1-19(9-10-4-5-15(23-2)16(6-10)24-3)17(22)11-7-12(18)14(21)8-13(11)20/h4-8,20-21H,9H2,1-3H3. The molecule has 2 N–H and O–H groups in total. The first kappa shape index (κ1) is 17.7. The third-order valence-electron chi connectivity index (χ3n) is 3.51. The summed E-state index contributed by atoms with van der Waals surface area (Å²) in [6.07, 6.45) is 0. The normalized spacial score (nSPS) is 10.3. The van der Waals surface area contributed by atoms with E-state index in [1.54, 1.807) is 26.3 Å². The first-order valence-electron chi connectivity index (χ1n) is 7.05. The minimum absolute atomic E-state index is 0.00401. The highest BCUT2D eigenvalue weighted by Gasteiger charge is 2.19. The highest BCUT2D eigenvalue weighted by atomic mass is 35.5. The fourth-order valence-corrected chi connectivity index (χ4v) is 2.42. The Morgan fingerprint density at radius 2 is 1.75 bits per heavy atom. The number of aromatic hydroxyl groups is 2. The molecular weight excluding hydrogens is 334 g/mol. The van der Waals surface area contributed by atoms with Crippen molar-refractivity contribution in [2.24, 2.45) is 0 Å². The topological polar surface area (TPSA) is 79.2 Å². The monoisotopic (exact) mass is 351 g/mol. The van der Waals surface area contributed by atoms with E-state index in [0.29, 0.717) is 11.5 Å². The summed E-state index contributed by atoms with van der Waals surface area (Å²) in [7, 11) is 4.68. The first-order valence-corrected chi connectivity index (χ1v) is 7.43. The molecule has 0 aliphatic rings. The van der Waals surface area contributed by atoms with Crippen LogP contribution in [0.2, 0.25) is 5.02 Å². The molecule has 0 saturated heterocycles. The molecule has 0 radical (unpaired) electrons. The highest BCUT2D eigenvalue weighted by molar-refractivity contribution is 6.32. The van der Waals surface area contributed by atoms with Gasteiger partial charge in [-0.15, -0.1) is 0 Å². The molecule has 2 aromatic carbocycles. The zero-order valence-electron chi connectivity index (χ0n) is 13.5. The minimum atomic E-state index is -0.427. The van der Waals surface area contributed by atoms with Crippen LogP contribution in [0.1, 0.15) is 15.9 Å². The van der Waals surface area contributed by atoms with E-state index in [9.17, 15) is 15.0 Å². The maximum absolute atomic E-state index is 12.5. The van der Waals surface area contributed by atoms with Gasteiger partial charge in [0, 0.05) is 19.7 Å². The highest BCUT2D eigenvalue weighted by Crippen LogP contribution is 2.32. The number of methoxy groups -OCH3 is 2. The van der Waals surface area contributed by atoms with E-state index in [0.717, 1.165) is 11.6 Å². The molecule has 0 saturated carbocycles. The zero-order valence-corrected chi connectivity index (χ0v) is 14.3. The molecule has 0 aromatic heterocycles. The number of halogens is 1. The zero-order chi connectivity index (χ0) is 17.9. The van der Waals surface area contributed by atoms with Gasteiger partial charge in [0.2, 0.25) is 0 Å². The Morgan fingerprint density at radius 3 is 2.38 bits per heavy atom. The number of nitrogens with zero attached hydrogens (tertiary/aromatic N) is 1. The average Bonchev–Trinajstić information content (AvgIpc) is 2.57. The smallest absolute Gasteiger partial charge is 0.257 e. The molecule has 0 fully saturated rings. The van der Waals surface area contributed by atoms with E-state index in [1.165, 1.54) is 18.1 Å². The summed E-state index contributed by atoms with van der Waals surface area (Å²) >= 11 is 5.81. The van der Waals surface area contributed by atoms with Crippen LogP contribution in [0.4, 0.5) is 0 Å². The van der Waals surface area contributed by atoms with Gasteiger partial charge in [-0.25, -0.2) is 0 Å². The van der Waals surface area contributed by atoms with Crippen molar-refractivity contribution in [3.8, 4) is 23.0 Å². The van der Waals surface area contributed by atoms with E-state index in [-0.39, 0.29) is 28.6 Å². The van der Waals surface area contributed by atoms with Crippen LogP contribution in [0.3, 0.4) is 0 Å². The Kier molecular flexibility index (Phi) is 5.41. The van der Waals surface area contributed by atoms with Crippen molar-refractivity contribution >= 4 is 17.5 Å². The second kappa shape index (κ2) is 7.31. The Morgan fingerprint density at radius 1 is 1.08 bits per heavy atom. The van der Waals surface area contributed by atoms with Crippen molar-refractivity contribution in [2.45, 2.75) is 6.54 Å². The SMILES string of the molecule is COc1ccc(CN(C)C(=O)c2cc(Cl)c(O)cc2O)cc1OC. The van der Waals surface area contributed by atoms with Crippen molar-refractivity contribution in [2.75, 3.05) is 21.3 Å². The van der Waals surface area contributed by atoms with Gasteiger partial charge in [-0.1, -0.05) is 17.7 Å². The van der Waals surface area contributed by atoms with E-state index in [1.807, 2.05) is 6.07 Å². The van der Waals surface area contributed by atoms with Crippen LogP contribution >= 0.6 is 11.6 Å². The quantitative estimate of drug-likeness (QED) is 0.865. The van der Waals surface area contributed by atoms with E-state index in [2.05, 4.69) is 0 Å². The number of benzene rings is 2. The van der Waals surface area contributed by atoms with Gasteiger partial charge in [0.05, 0.1) is 24.8 Å². The Bertz CT molecular complexity index is 763. The molecule has 24 heavy (non-hydrogen) atoms. The molecule has 0 atom stereocenters. The van der Waals surface area contributed by atoms with Gasteiger partial charge in [-0.3, -0.25) is 4.79 Å². The van der Waals surface area contributed by atoms with Crippen molar-refractivity contribution < 1.29 is 24.5 Å². The number of phenolic OH excluding ortho intramolecular Hbond substituents is 2. The molecule has 1 amide bonds. The molecule has 0 heterocycles. The summed E-state index contributed by atoms with van der Waals surface area (Å²) < 4.78 is 10.4. The molecule has 0 aliphatic heterocycles. The van der Waals surface area contributed by atoms with Crippen molar-refractivity contribution in [1.29, 1.82) is 0 Å². The molecule has 7 heteroatoms. The maximum atomic E-state index is 12.5. The number of carbonyl (C=O) groups excluding carboxylic acids is 1.